The lowest BCUT2D eigenvalue weighted by Crippen LogP contribution is -2.35. The summed E-state index contributed by atoms with van der Waals surface area (Å²) in [6.07, 6.45) is 8.83. The Morgan fingerprint density at radius 1 is 1.08 bits per heavy atom. The average molecular weight is 318 g/mol. The standard InChI is InChI=1S/C20H22N4/c1-2-5-16(6-3-1)8-9-19-20-18(22-15-23-20)10-12-24(19)14-17-7-4-11-21-13-17/h1-7,11,13,15,19H,8-10,12,14H2,(H,22,23)/t19-/m1/s1. The number of aromatic nitrogens is 3. The van der Waals surface area contributed by atoms with Crippen LogP contribution in [-0.2, 0) is 19.4 Å². The molecule has 3 heterocycles. The molecule has 0 aliphatic carbocycles. The maximum Gasteiger partial charge on any atom is 0.0925 e. The molecule has 4 heteroatoms. The van der Waals surface area contributed by atoms with Crippen molar-refractivity contribution in [2.24, 2.45) is 0 Å². The van der Waals surface area contributed by atoms with Crippen LogP contribution in [0.15, 0.2) is 61.2 Å². The van der Waals surface area contributed by atoms with E-state index in [9.17, 15) is 0 Å². The van der Waals surface area contributed by atoms with Gasteiger partial charge in [-0.1, -0.05) is 36.4 Å². The fourth-order valence-corrected chi connectivity index (χ4v) is 3.59. The third-order valence-corrected chi connectivity index (χ3v) is 4.81. The van der Waals surface area contributed by atoms with Crippen molar-refractivity contribution in [1.29, 1.82) is 0 Å². The van der Waals surface area contributed by atoms with E-state index >= 15 is 0 Å². The zero-order valence-electron chi connectivity index (χ0n) is 13.7. The molecule has 1 aliphatic heterocycles. The Labute approximate surface area is 142 Å². The SMILES string of the molecule is c1ccc(CC[C@@H]2c3nc[nH]c3CCN2Cc2cccnc2)cc1. The van der Waals surface area contributed by atoms with Crippen molar-refractivity contribution < 1.29 is 0 Å². The number of nitrogens with one attached hydrogen (secondary N) is 1. The summed E-state index contributed by atoms with van der Waals surface area (Å²) in [4.78, 5) is 14.7. The monoisotopic (exact) mass is 318 g/mol. The summed E-state index contributed by atoms with van der Waals surface area (Å²) in [5.74, 6) is 0. The normalized spacial score (nSPS) is 17.6. The van der Waals surface area contributed by atoms with Gasteiger partial charge in [0.2, 0.25) is 0 Å². The summed E-state index contributed by atoms with van der Waals surface area (Å²) in [5.41, 5.74) is 5.18. The van der Waals surface area contributed by atoms with Crippen LogP contribution in [0.3, 0.4) is 0 Å². The molecule has 1 aromatic carbocycles. The first-order chi connectivity index (χ1) is 11.9. The van der Waals surface area contributed by atoms with Crippen LogP contribution < -0.4 is 0 Å². The largest absolute Gasteiger partial charge is 0.348 e. The van der Waals surface area contributed by atoms with E-state index in [1.807, 2.05) is 24.8 Å². The number of aromatic amines is 1. The molecule has 1 N–H and O–H groups in total. The summed E-state index contributed by atoms with van der Waals surface area (Å²) in [5, 5.41) is 0. The van der Waals surface area contributed by atoms with Gasteiger partial charge >= 0.3 is 0 Å². The lowest BCUT2D eigenvalue weighted by atomic mass is 9.96. The van der Waals surface area contributed by atoms with E-state index < -0.39 is 0 Å². The third kappa shape index (κ3) is 3.24. The molecule has 0 saturated carbocycles. The van der Waals surface area contributed by atoms with Crippen molar-refractivity contribution in [3.8, 4) is 0 Å². The van der Waals surface area contributed by atoms with Crippen LogP contribution in [0.2, 0.25) is 0 Å². The van der Waals surface area contributed by atoms with Gasteiger partial charge in [-0.05, 0) is 30.0 Å². The highest BCUT2D eigenvalue weighted by atomic mass is 15.2. The van der Waals surface area contributed by atoms with Crippen molar-refractivity contribution in [2.75, 3.05) is 6.54 Å². The van der Waals surface area contributed by atoms with Gasteiger partial charge in [0.25, 0.3) is 0 Å². The Kier molecular flexibility index (Phi) is 4.38. The number of aryl methyl sites for hydroxylation is 1. The van der Waals surface area contributed by atoms with Crippen molar-refractivity contribution in [3.63, 3.8) is 0 Å². The Balaban J connectivity index is 1.54. The molecule has 4 rings (SSSR count). The highest BCUT2D eigenvalue weighted by Crippen LogP contribution is 2.32. The van der Waals surface area contributed by atoms with Gasteiger partial charge in [0.15, 0.2) is 0 Å². The van der Waals surface area contributed by atoms with Crippen LogP contribution in [0.1, 0.15) is 35.0 Å². The minimum absolute atomic E-state index is 0.361. The summed E-state index contributed by atoms with van der Waals surface area (Å²) < 4.78 is 0. The zero-order chi connectivity index (χ0) is 16.2. The molecule has 0 unspecified atom stereocenters. The first kappa shape index (κ1) is 15.1. The number of hydrogen-bond acceptors (Lipinski definition) is 3. The molecule has 0 saturated heterocycles. The molecule has 0 amide bonds. The Morgan fingerprint density at radius 3 is 2.79 bits per heavy atom. The summed E-state index contributed by atoms with van der Waals surface area (Å²) in [7, 11) is 0. The van der Waals surface area contributed by atoms with Crippen molar-refractivity contribution in [1.82, 2.24) is 19.9 Å². The molecule has 0 radical (unpaired) electrons. The predicted octanol–water partition coefficient (Wildman–Crippen LogP) is 3.54. The van der Waals surface area contributed by atoms with Crippen molar-refractivity contribution in [2.45, 2.75) is 31.8 Å². The summed E-state index contributed by atoms with van der Waals surface area (Å²) in [6, 6.07) is 15.2. The molecule has 122 valence electrons. The molecule has 0 bridgehead atoms. The quantitative estimate of drug-likeness (QED) is 0.782. The zero-order valence-corrected chi connectivity index (χ0v) is 13.7. The number of rotatable bonds is 5. The molecule has 1 aliphatic rings. The fourth-order valence-electron chi connectivity index (χ4n) is 3.59. The van der Waals surface area contributed by atoms with E-state index in [4.69, 9.17) is 0 Å². The molecular formula is C20H22N4. The molecule has 0 fully saturated rings. The fraction of sp³-hybridized carbons (Fsp3) is 0.300. The van der Waals surface area contributed by atoms with Gasteiger partial charge in [-0.15, -0.1) is 0 Å². The number of hydrogen-bond donors (Lipinski definition) is 1. The van der Waals surface area contributed by atoms with E-state index in [1.165, 1.54) is 22.5 Å². The van der Waals surface area contributed by atoms with Gasteiger partial charge in [-0.2, -0.15) is 0 Å². The Hall–Kier alpha value is -2.46. The van der Waals surface area contributed by atoms with Crippen molar-refractivity contribution in [3.05, 3.63) is 83.7 Å². The Bertz CT molecular complexity index is 767. The van der Waals surface area contributed by atoms with Crippen LogP contribution in [-0.4, -0.2) is 26.4 Å². The number of benzene rings is 1. The van der Waals surface area contributed by atoms with Crippen LogP contribution in [0, 0.1) is 0 Å². The number of imidazole rings is 1. The molecule has 0 spiro atoms. The molecular weight excluding hydrogens is 296 g/mol. The molecule has 1 atom stereocenters. The predicted molar refractivity (Wildman–Crippen MR) is 94.4 cm³/mol. The van der Waals surface area contributed by atoms with Gasteiger partial charge in [-0.3, -0.25) is 9.88 Å². The highest BCUT2D eigenvalue weighted by Gasteiger charge is 2.29. The van der Waals surface area contributed by atoms with E-state index in [1.54, 1.807) is 0 Å². The number of pyridine rings is 1. The second kappa shape index (κ2) is 6.97. The lowest BCUT2D eigenvalue weighted by molar-refractivity contribution is 0.163. The van der Waals surface area contributed by atoms with Crippen molar-refractivity contribution >= 4 is 0 Å². The van der Waals surface area contributed by atoms with E-state index in [2.05, 4.69) is 56.3 Å². The van der Waals surface area contributed by atoms with Crippen LogP contribution in [0.5, 0.6) is 0 Å². The first-order valence-corrected chi connectivity index (χ1v) is 8.59. The van der Waals surface area contributed by atoms with E-state index in [0.717, 1.165) is 32.4 Å². The Morgan fingerprint density at radius 2 is 1.96 bits per heavy atom. The van der Waals surface area contributed by atoms with Gasteiger partial charge in [0, 0.05) is 37.6 Å². The minimum atomic E-state index is 0.361. The number of nitrogens with zero attached hydrogens (tertiary/aromatic N) is 3. The highest BCUT2D eigenvalue weighted by molar-refractivity contribution is 5.22. The summed E-state index contributed by atoms with van der Waals surface area (Å²) >= 11 is 0. The molecule has 24 heavy (non-hydrogen) atoms. The van der Waals surface area contributed by atoms with Gasteiger partial charge in [0.05, 0.1) is 18.1 Å². The number of H-pyrrole nitrogens is 1. The van der Waals surface area contributed by atoms with Crippen LogP contribution >= 0.6 is 0 Å². The second-order valence-corrected chi connectivity index (χ2v) is 6.39. The van der Waals surface area contributed by atoms with E-state index in [-0.39, 0.29) is 0 Å². The van der Waals surface area contributed by atoms with Gasteiger partial charge in [0.1, 0.15) is 0 Å². The van der Waals surface area contributed by atoms with Crippen LogP contribution in [0.25, 0.3) is 0 Å². The molecule has 4 nitrogen and oxygen atoms in total. The van der Waals surface area contributed by atoms with Crippen LogP contribution in [0.4, 0.5) is 0 Å². The topological polar surface area (TPSA) is 44.8 Å². The first-order valence-electron chi connectivity index (χ1n) is 8.59. The van der Waals surface area contributed by atoms with E-state index in [0.29, 0.717) is 6.04 Å². The summed E-state index contributed by atoms with van der Waals surface area (Å²) in [6.45, 7) is 1.99. The molecule has 2 aromatic heterocycles. The maximum atomic E-state index is 4.63. The second-order valence-electron chi connectivity index (χ2n) is 6.39. The number of fused-ring (bicyclic) bond motifs is 1. The van der Waals surface area contributed by atoms with Gasteiger partial charge in [-0.25, -0.2) is 4.98 Å². The lowest BCUT2D eigenvalue weighted by Gasteiger charge is -2.35. The average Bonchev–Trinajstić information content (AvgIpc) is 3.11. The minimum Gasteiger partial charge on any atom is -0.348 e. The third-order valence-electron chi connectivity index (χ3n) is 4.81. The molecule has 3 aromatic rings. The van der Waals surface area contributed by atoms with Gasteiger partial charge < -0.3 is 4.98 Å². The smallest absolute Gasteiger partial charge is 0.0925 e. The maximum absolute atomic E-state index is 4.63.